The summed E-state index contributed by atoms with van der Waals surface area (Å²) in [5.74, 6) is 0.115. The normalized spacial score (nSPS) is 12.0. The van der Waals surface area contributed by atoms with Gasteiger partial charge < -0.3 is 15.4 Å². The molecule has 5 aromatic rings. The van der Waals surface area contributed by atoms with Crippen LogP contribution in [0.5, 0.6) is 5.75 Å². The molecular weight excluding hydrogens is 587 g/mol. The van der Waals surface area contributed by atoms with Crippen LogP contribution in [0, 0.1) is 0 Å². The highest BCUT2D eigenvalue weighted by molar-refractivity contribution is 7.90. The third-order valence-electron chi connectivity index (χ3n) is 6.20. The Morgan fingerprint density at radius 3 is 2.57 bits per heavy atom. The molecule has 0 atom stereocenters. The number of nitrogens with zero attached hydrogens (tertiary/aromatic N) is 3. The Labute approximate surface area is 244 Å². The lowest BCUT2D eigenvalue weighted by molar-refractivity contribution is -0.139. The molecule has 13 heteroatoms. The second-order valence-corrected chi connectivity index (χ2v) is 12.8. The van der Waals surface area contributed by atoms with Crippen LogP contribution < -0.4 is 15.4 Å². The monoisotopic (exact) mass is 613 g/mol. The standard InChI is InChI=1S/C29H26F3N5O3S2/c1-42(38,39)10-9-33-14-22-11-20(17-41-22)25-13-23-26(15-34-25)35-18-36-28(23)37-21-7-8-27(24(12-21)29(30,31)32)40-16-19-5-3-2-4-6-19/h2-8,11-13,15,17-18,33H,9-10,14,16H2,1H3,(H,35,36,37). The van der Waals surface area contributed by atoms with E-state index >= 15 is 0 Å². The number of pyridine rings is 1. The number of alkyl halides is 3. The third-order valence-corrected chi connectivity index (χ3v) is 8.09. The number of hydrogen-bond donors (Lipinski definition) is 2. The van der Waals surface area contributed by atoms with E-state index in [-0.39, 0.29) is 23.8 Å². The van der Waals surface area contributed by atoms with Crippen molar-refractivity contribution < 1.29 is 26.3 Å². The van der Waals surface area contributed by atoms with Gasteiger partial charge in [0.05, 0.1) is 28.7 Å². The molecular formula is C29H26F3N5O3S2. The molecule has 0 fully saturated rings. The lowest BCUT2D eigenvalue weighted by Crippen LogP contribution is -2.21. The van der Waals surface area contributed by atoms with Crippen LogP contribution in [-0.4, -0.2) is 41.9 Å². The summed E-state index contributed by atoms with van der Waals surface area (Å²) in [5, 5.41) is 8.63. The van der Waals surface area contributed by atoms with Crippen molar-refractivity contribution in [2.75, 3.05) is 23.9 Å². The maximum Gasteiger partial charge on any atom is 0.420 e. The van der Waals surface area contributed by atoms with Crippen molar-refractivity contribution >= 4 is 43.6 Å². The van der Waals surface area contributed by atoms with Gasteiger partial charge in [0.15, 0.2) is 0 Å². The number of sulfone groups is 1. The fraction of sp³-hybridized carbons (Fsp3) is 0.207. The van der Waals surface area contributed by atoms with Crippen LogP contribution >= 0.6 is 11.3 Å². The van der Waals surface area contributed by atoms with Crippen LogP contribution in [0.25, 0.3) is 22.2 Å². The van der Waals surface area contributed by atoms with Gasteiger partial charge in [-0.15, -0.1) is 11.3 Å². The van der Waals surface area contributed by atoms with Crippen molar-refractivity contribution in [3.05, 3.63) is 94.6 Å². The number of halogens is 3. The first-order valence-corrected chi connectivity index (χ1v) is 15.7. The van der Waals surface area contributed by atoms with Gasteiger partial charge in [-0.3, -0.25) is 4.98 Å². The molecule has 0 aliphatic carbocycles. The van der Waals surface area contributed by atoms with E-state index in [1.165, 1.54) is 36.1 Å². The molecule has 3 aromatic heterocycles. The summed E-state index contributed by atoms with van der Waals surface area (Å²) in [6.45, 7) is 0.864. The first-order chi connectivity index (χ1) is 20.0. The molecule has 0 saturated carbocycles. The Hall–Kier alpha value is -4.07. The van der Waals surface area contributed by atoms with Gasteiger partial charge in [0.25, 0.3) is 0 Å². The summed E-state index contributed by atoms with van der Waals surface area (Å²) >= 11 is 1.50. The van der Waals surface area contributed by atoms with Gasteiger partial charge in [-0.2, -0.15) is 13.2 Å². The zero-order chi connectivity index (χ0) is 29.7. The smallest absolute Gasteiger partial charge is 0.420 e. The third kappa shape index (κ3) is 7.60. The zero-order valence-electron chi connectivity index (χ0n) is 22.4. The Morgan fingerprint density at radius 2 is 1.81 bits per heavy atom. The number of hydrogen-bond acceptors (Lipinski definition) is 9. The van der Waals surface area contributed by atoms with Crippen LogP contribution in [0.3, 0.4) is 0 Å². The fourth-order valence-electron chi connectivity index (χ4n) is 4.12. The lowest BCUT2D eigenvalue weighted by atomic mass is 10.1. The Bertz CT molecular complexity index is 1800. The number of rotatable bonds is 11. The van der Waals surface area contributed by atoms with E-state index in [2.05, 4.69) is 25.6 Å². The largest absolute Gasteiger partial charge is 0.488 e. The minimum Gasteiger partial charge on any atom is -0.488 e. The average molecular weight is 614 g/mol. The van der Waals surface area contributed by atoms with Crippen LogP contribution in [0.15, 0.2) is 78.6 Å². The molecule has 3 heterocycles. The van der Waals surface area contributed by atoms with Gasteiger partial charge in [0.1, 0.15) is 34.3 Å². The number of aromatic nitrogens is 3. The molecule has 0 bridgehead atoms. The highest BCUT2D eigenvalue weighted by Crippen LogP contribution is 2.39. The van der Waals surface area contributed by atoms with E-state index in [0.29, 0.717) is 35.5 Å². The van der Waals surface area contributed by atoms with Crippen molar-refractivity contribution in [2.24, 2.45) is 0 Å². The summed E-state index contributed by atoms with van der Waals surface area (Å²) < 4.78 is 70.1. The molecule has 0 spiro atoms. The quantitative estimate of drug-likeness (QED) is 0.169. The van der Waals surface area contributed by atoms with E-state index in [0.717, 1.165) is 22.1 Å². The first kappa shape index (κ1) is 29.4. The predicted octanol–water partition coefficient (Wildman–Crippen LogP) is 6.23. The SMILES string of the molecule is CS(=O)(=O)CCNCc1cc(-c2cc3c(Nc4ccc(OCc5ccccc5)c(C(F)(F)F)c4)ncnc3cn2)cs1. The van der Waals surface area contributed by atoms with Gasteiger partial charge >= 0.3 is 6.18 Å². The summed E-state index contributed by atoms with van der Waals surface area (Å²) in [6, 6.07) is 16.5. The summed E-state index contributed by atoms with van der Waals surface area (Å²) in [5.41, 5.74) is 2.04. The number of ether oxygens (including phenoxy) is 1. The van der Waals surface area contributed by atoms with Crippen molar-refractivity contribution in [3.63, 3.8) is 0 Å². The Balaban J connectivity index is 1.36. The van der Waals surface area contributed by atoms with Gasteiger partial charge in [0.2, 0.25) is 0 Å². The van der Waals surface area contributed by atoms with Crippen molar-refractivity contribution in [3.8, 4) is 17.0 Å². The lowest BCUT2D eigenvalue weighted by Gasteiger charge is -2.16. The molecule has 0 amide bonds. The van der Waals surface area contributed by atoms with E-state index < -0.39 is 21.6 Å². The Kier molecular flexibility index (Phi) is 8.71. The van der Waals surface area contributed by atoms with E-state index in [9.17, 15) is 21.6 Å². The molecule has 5 rings (SSSR count). The maximum atomic E-state index is 14.0. The van der Waals surface area contributed by atoms with Gasteiger partial charge in [0, 0.05) is 46.2 Å². The van der Waals surface area contributed by atoms with E-state index in [1.807, 2.05) is 17.5 Å². The fourth-order valence-corrected chi connectivity index (χ4v) is 5.48. The molecule has 218 valence electrons. The molecule has 2 N–H and O–H groups in total. The molecule has 0 radical (unpaired) electrons. The number of anilines is 2. The van der Waals surface area contributed by atoms with Crippen molar-refractivity contribution in [1.29, 1.82) is 0 Å². The van der Waals surface area contributed by atoms with Crippen LogP contribution in [0.4, 0.5) is 24.7 Å². The molecule has 42 heavy (non-hydrogen) atoms. The van der Waals surface area contributed by atoms with Crippen LogP contribution in [0.1, 0.15) is 16.0 Å². The second kappa shape index (κ2) is 12.4. The van der Waals surface area contributed by atoms with Gasteiger partial charge in [-0.25, -0.2) is 18.4 Å². The van der Waals surface area contributed by atoms with E-state index in [1.54, 1.807) is 36.5 Å². The van der Waals surface area contributed by atoms with Crippen LogP contribution in [-0.2, 0) is 29.2 Å². The van der Waals surface area contributed by atoms with Crippen LogP contribution in [0.2, 0.25) is 0 Å². The molecule has 0 aliphatic rings. The summed E-state index contributed by atoms with van der Waals surface area (Å²) in [4.78, 5) is 14.0. The van der Waals surface area contributed by atoms with Gasteiger partial charge in [-0.05, 0) is 35.9 Å². The number of nitrogens with one attached hydrogen (secondary N) is 2. The minimum atomic E-state index is -4.63. The predicted molar refractivity (Wildman–Crippen MR) is 158 cm³/mol. The van der Waals surface area contributed by atoms with Crippen molar-refractivity contribution in [1.82, 2.24) is 20.3 Å². The highest BCUT2D eigenvalue weighted by atomic mass is 32.2. The first-order valence-electron chi connectivity index (χ1n) is 12.8. The average Bonchev–Trinajstić information content (AvgIpc) is 3.43. The molecule has 8 nitrogen and oxygen atoms in total. The highest BCUT2D eigenvalue weighted by Gasteiger charge is 2.35. The molecule has 2 aromatic carbocycles. The molecule has 0 unspecified atom stereocenters. The summed E-state index contributed by atoms with van der Waals surface area (Å²) in [7, 11) is -3.04. The minimum absolute atomic E-state index is 0.00400. The second-order valence-electron chi connectivity index (χ2n) is 9.53. The summed E-state index contributed by atoms with van der Waals surface area (Å²) in [6.07, 6.45) is -0.535. The number of thiophene rings is 1. The topological polar surface area (TPSA) is 106 Å². The number of benzene rings is 2. The number of fused-ring (bicyclic) bond motifs is 1. The Morgan fingerprint density at radius 1 is 1.00 bits per heavy atom. The molecule has 0 saturated heterocycles. The molecule has 0 aliphatic heterocycles. The van der Waals surface area contributed by atoms with Crippen molar-refractivity contribution in [2.45, 2.75) is 19.3 Å². The maximum absolute atomic E-state index is 14.0. The zero-order valence-corrected chi connectivity index (χ0v) is 24.0. The van der Waals surface area contributed by atoms with Gasteiger partial charge in [-0.1, -0.05) is 30.3 Å². The van der Waals surface area contributed by atoms with E-state index in [4.69, 9.17) is 4.74 Å².